The Morgan fingerprint density at radius 2 is 1.86 bits per heavy atom. The number of thiophene rings is 1. The van der Waals surface area contributed by atoms with Crippen LogP contribution >= 0.6 is 11.3 Å². The van der Waals surface area contributed by atoms with Crippen molar-refractivity contribution in [1.29, 1.82) is 0 Å². The van der Waals surface area contributed by atoms with Crippen LogP contribution in [0.15, 0.2) is 65.3 Å². The SMILES string of the molecule is CN(CCCNC(=O)c1ccc(NC(=O)c2ccco2)s1)Cc1ccccc1. The van der Waals surface area contributed by atoms with Crippen molar-refractivity contribution in [3.05, 3.63) is 77.1 Å². The van der Waals surface area contributed by atoms with E-state index in [4.69, 9.17) is 4.42 Å². The highest BCUT2D eigenvalue weighted by Gasteiger charge is 2.13. The fraction of sp³-hybridized carbons (Fsp3) is 0.238. The molecule has 2 N–H and O–H groups in total. The van der Waals surface area contributed by atoms with Gasteiger partial charge in [0.25, 0.3) is 11.8 Å². The number of carbonyl (C=O) groups excluding carboxylic acids is 2. The zero-order chi connectivity index (χ0) is 19.8. The van der Waals surface area contributed by atoms with E-state index in [9.17, 15) is 9.59 Å². The number of carbonyl (C=O) groups is 2. The summed E-state index contributed by atoms with van der Waals surface area (Å²) in [6.07, 6.45) is 2.31. The van der Waals surface area contributed by atoms with Crippen molar-refractivity contribution in [1.82, 2.24) is 10.2 Å². The third kappa shape index (κ3) is 5.80. The summed E-state index contributed by atoms with van der Waals surface area (Å²) in [5.41, 5.74) is 1.27. The minimum Gasteiger partial charge on any atom is -0.459 e. The number of hydrogen-bond donors (Lipinski definition) is 2. The number of nitrogens with zero attached hydrogens (tertiary/aromatic N) is 1. The number of rotatable bonds is 9. The molecule has 0 aliphatic carbocycles. The lowest BCUT2D eigenvalue weighted by Gasteiger charge is -2.16. The van der Waals surface area contributed by atoms with Crippen molar-refractivity contribution in [2.45, 2.75) is 13.0 Å². The van der Waals surface area contributed by atoms with E-state index in [1.807, 2.05) is 18.2 Å². The minimum atomic E-state index is -0.333. The van der Waals surface area contributed by atoms with Gasteiger partial charge in [-0.3, -0.25) is 9.59 Å². The Labute approximate surface area is 168 Å². The van der Waals surface area contributed by atoms with Gasteiger partial charge < -0.3 is 20.0 Å². The molecule has 28 heavy (non-hydrogen) atoms. The molecule has 0 radical (unpaired) electrons. The van der Waals surface area contributed by atoms with Gasteiger partial charge in [0.2, 0.25) is 0 Å². The van der Waals surface area contributed by atoms with Crippen LogP contribution in [0.4, 0.5) is 5.00 Å². The van der Waals surface area contributed by atoms with Gasteiger partial charge in [-0.1, -0.05) is 30.3 Å². The van der Waals surface area contributed by atoms with E-state index in [1.54, 1.807) is 24.3 Å². The maximum atomic E-state index is 12.3. The molecule has 0 atom stereocenters. The van der Waals surface area contributed by atoms with Crippen molar-refractivity contribution >= 4 is 28.2 Å². The molecule has 0 bridgehead atoms. The maximum Gasteiger partial charge on any atom is 0.291 e. The van der Waals surface area contributed by atoms with E-state index >= 15 is 0 Å². The average molecular weight is 398 g/mol. The molecular weight excluding hydrogens is 374 g/mol. The van der Waals surface area contributed by atoms with Crippen LogP contribution in [0.3, 0.4) is 0 Å². The van der Waals surface area contributed by atoms with E-state index in [2.05, 4.69) is 34.7 Å². The molecule has 1 aromatic carbocycles. The summed E-state index contributed by atoms with van der Waals surface area (Å²) < 4.78 is 5.05. The topological polar surface area (TPSA) is 74.6 Å². The van der Waals surface area contributed by atoms with Gasteiger partial charge in [0.05, 0.1) is 16.1 Å². The number of hydrogen-bond acceptors (Lipinski definition) is 5. The zero-order valence-electron chi connectivity index (χ0n) is 15.7. The standard InChI is InChI=1S/C21H23N3O3S/c1-24(15-16-7-3-2-4-8-16)13-6-12-22-21(26)18-10-11-19(28-18)23-20(25)17-9-5-14-27-17/h2-5,7-11,14H,6,12-13,15H2,1H3,(H,22,26)(H,23,25). The van der Waals surface area contributed by atoms with Crippen LogP contribution < -0.4 is 10.6 Å². The van der Waals surface area contributed by atoms with Gasteiger partial charge in [-0.05, 0) is 49.8 Å². The van der Waals surface area contributed by atoms with Crippen molar-refractivity contribution in [3.8, 4) is 0 Å². The van der Waals surface area contributed by atoms with Gasteiger partial charge in [0.15, 0.2) is 5.76 Å². The molecule has 0 spiro atoms. The van der Waals surface area contributed by atoms with Crippen molar-refractivity contribution < 1.29 is 14.0 Å². The van der Waals surface area contributed by atoms with Crippen molar-refractivity contribution in [2.24, 2.45) is 0 Å². The van der Waals surface area contributed by atoms with Crippen LogP contribution in [0.2, 0.25) is 0 Å². The highest BCUT2D eigenvalue weighted by Crippen LogP contribution is 2.22. The predicted molar refractivity (Wildman–Crippen MR) is 111 cm³/mol. The summed E-state index contributed by atoms with van der Waals surface area (Å²) in [7, 11) is 2.07. The molecule has 6 nitrogen and oxygen atoms in total. The molecule has 3 rings (SSSR count). The molecular formula is C21H23N3O3S. The fourth-order valence-electron chi connectivity index (χ4n) is 2.72. The van der Waals surface area contributed by atoms with E-state index in [-0.39, 0.29) is 17.6 Å². The summed E-state index contributed by atoms with van der Waals surface area (Å²) in [4.78, 5) is 27.0. The molecule has 2 aromatic heterocycles. The van der Waals surface area contributed by atoms with Crippen LogP contribution in [0.25, 0.3) is 0 Å². The van der Waals surface area contributed by atoms with Crippen molar-refractivity contribution in [3.63, 3.8) is 0 Å². The molecule has 0 fully saturated rings. The van der Waals surface area contributed by atoms with Gasteiger partial charge in [-0.2, -0.15) is 0 Å². The van der Waals surface area contributed by atoms with Gasteiger partial charge in [0.1, 0.15) is 0 Å². The smallest absolute Gasteiger partial charge is 0.291 e. The molecule has 0 aliphatic rings. The first-order valence-electron chi connectivity index (χ1n) is 9.07. The lowest BCUT2D eigenvalue weighted by molar-refractivity contribution is 0.0954. The lowest BCUT2D eigenvalue weighted by Crippen LogP contribution is -2.27. The lowest BCUT2D eigenvalue weighted by atomic mass is 10.2. The highest BCUT2D eigenvalue weighted by atomic mass is 32.1. The van der Waals surface area contributed by atoms with Crippen molar-refractivity contribution in [2.75, 3.05) is 25.5 Å². The third-order valence-corrected chi connectivity index (χ3v) is 5.11. The second kappa shape index (κ2) is 9.87. The summed E-state index contributed by atoms with van der Waals surface area (Å²) in [6.45, 7) is 2.38. The first-order valence-corrected chi connectivity index (χ1v) is 9.89. The predicted octanol–water partition coefficient (Wildman–Crippen LogP) is 3.85. The summed E-state index contributed by atoms with van der Waals surface area (Å²) in [6, 6.07) is 17.0. The Bertz CT molecular complexity index is 891. The molecule has 0 saturated carbocycles. The number of nitrogens with one attached hydrogen (secondary N) is 2. The van der Waals surface area contributed by atoms with E-state index < -0.39 is 0 Å². The number of amides is 2. The van der Waals surface area contributed by atoms with Gasteiger partial charge >= 0.3 is 0 Å². The molecule has 2 amide bonds. The highest BCUT2D eigenvalue weighted by molar-refractivity contribution is 7.18. The first-order chi connectivity index (χ1) is 13.6. The van der Waals surface area contributed by atoms with Crippen LogP contribution in [0.1, 0.15) is 32.2 Å². The molecule has 0 unspecified atom stereocenters. The fourth-order valence-corrected chi connectivity index (χ4v) is 3.54. The minimum absolute atomic E-state index is 0.130. The monoisotopic (exact) mass is 397 g/mol. The Hall–Kier alpha value is -2.90. The average Bonchev–Trinajstić information content (AvgIpc) is 3.38. The normalized spacial score (nSPS) is 10.8. The number of furan rings is 1. The first kappa shape index (κ1) is 19.9. The van der Waals surface area contributed by atoms with Crippen LogP contribution in [0.5, 0.6) is 0 Å². The van der Waals surface area contributed by atoms with Crippen LogP contribution in [-0.2, 0) is 6.54 Å². The molecule has 0 saturated heterocycles. The Kier molecular flexibility index (Phi) is 7.00. The molecule has 146 valence electrons. The molecule has 3 aromatic rings. The van der Waals surface area contributed by atoms with E-state index in [1.165, 1.54) is 23.2 Å². The maximum absolute atomic E-state index is 12.3. The Morgan fingerprint density at radius 1 is 1.04 bits per heavy atom. The third-order valence-electron chi connectivity index (χ3n) is 4.11. The number of anilines is 1. The van der Waals surface area contributed by atoms with E-state index in [0.29, 0.717) is 16.4 Å². The molecule has 2 heterocycles. The summed E-state index contributed by atoms with van der Waals surface area (Å²) in [5.74, 6) is -0.228. The second-order valence-corrected chi connectivity index (χ2v) is 7.51. The van der Waals surface area contributed by atoms with E-state index in [0.717, 1.165) is 19.5 Å². The zero-order valence-corrected chi connectivity index (χ0v) is 16.5. The Morgan fingerprint density at radius 3 is 2.61 bits per heavy atom. The quantitative estimate of drug-likeness (QED) is 0.538. The molecule has 7 heteroatoms. The second-order valence-electron chi connectivity index (χ2n) is 6.43. The molecule has 0 aliphatic heterocycles. The van der Waals surface area contributed by atoms with Gasteiger partial charge in [0, 0.05) is 13.1 Å². The van der Waals surface area contributed by atoms with Crippen LogP contribution in [0, 0.1) is 0 Å². The largest absolute Gasteiger partial charge is 0.459 e. The summed E-state index contributed by atoms with van der Waals surface area (Å²) >= 11 is 1.24. The van der Waals surface area contributed by atoms with Gasteiger partial charge in [-0.15, -0.1) is 11.3 Å². The summed E-state index contributed by atoms with van der Waals surface area (Å²) in [5, 5.41) is 6.26. The Balaban J connectivity index is 1.38. The van der Waals surface area contributed by atoms with Gasteiger partial charge in [-0.25, -0.2) is 0 Å². The number of benzene rings is 1. The van der Waals surface area contributed by atoms with Crippen LogP contribution in [-0.4, -0.2) is 36.9 Å².